The zero-order valence-corrected chi connectivity index (χ0v) is 15.2. The Morgan fingerprint density at radius 2 is 1.96 bits per heavy atom. The van der Waals surface area contributed by atoms with Gasteiger partial charge in [-0.05, 0) is 43.0 Å². The molecule has 2 N–H and O–H groups in total. The Bertz CT molecular complexity index is 740. The minimum atomic E-state index is -0.245. The fraction of sp³-hybridized carbons (Fsp3) is 0.611. The molecular weight excluding hydrogens is 334 g/mol. The molecule has 134 valence electrons. The second-order valence-corrected chi connectivity index (χ2v) is 8.02. The minimum absolute atomic E-state index is 0.245. The van der Waals surface area contributed by atoms with Gasteiger partial charge in [-0.3, -0.25) is 0 Å². The molecule has 2 aromatic heterocycles. The standard InChI is InChI=1S/C18H25N5OS/c19-18(24)23-8-3-1-2-4-15(23)13-5-9-22(10-6-13)17-16-14(7-11-25-16)20-12-21-17/h7,11-13,15H,1-6,8-10H2,(H2,19,24)/t15-/m1/s1. The van der Waals surface area contributed by atoms with E-state index in [2.05, 4.69) is 20.2 Å². The van der Waals surface area contributed by atoms with Crippen LogP contribution >= 0.6 is 11.3 Å². The summed E-state index contributed by atoms with van der Waals surface area (Å²) in [6.45, 7) is 2.79. The van der Waals surface area contributed by atoms with E-state index in [0.717, 1.165) is 56.7 Å². The van der Waals surface area contributed by atoms with Gasteiger partial charge in [0.2, 0.25) is 0 Å². The maximum Gasteiger partial charge on any atom is 0.315 e. The Morgan fingerprint density at radius 1 is 1.12 bits per heavy atom. The molecule has 2 aliphatic heterocycles. The van der Waals surface area contributed by atoms with E-state index in [1.165, 1.54) is 17.5 Å². The number of primary amides is 1. The molecule has 4 heterocycles. The zero-order valence-electron chi connectivity index (χ0n) is 14.4. The Hall–Kier alpha value is -1.89. The summed E-state index contributed by atoms with van der Waals surface area (Å²) in [4.78, 5) is 25.1. The summed E-state index contributed by atoms with van der Waals surface area (Å²) >= 11 is 1.71. The molecular formula is C18H25N5OS. The molecule has 0 aromatic carbocycles. The van der Waals surface area contributed by atoms with Crippen molar-refractivity contribution < 1.29 is 4.79 Å². The number of likely N-dealkylation sites (tertiary alicyclic amines) is 1. The number of urea groups is 1. The van der Waals surface area contributed by atoms with E-state index in [9.17, 15) is 4.79 Å². The maximum absolute atomic E-state index is 11.9. The average molecular weight is 359 g/mol. The number of nitrogens with two attached hydrogens (primary N) is 1. The lowest BCUT2D eigenvalue weighted by Gasteiger charge is -2.40. The van der Waals surface area contributed by atoms with Crippen LogP contribution in [0.3, 0.4) is 0 Å². The maximum atomic E-state index is 11.9. The molecule has 0 saturated carbocycles. The van der Waals surface area contributed by atoms with Crippen LogP contribution in [0.4, 0.5) is 10.6 Å². The summed E-state index contributed by atoms with van der Waals surface area (Å²) in [6.07, 6.45) is 8.42. The molecule has 4 rings (SSSR count). The third-order valence-corrected chi connectivity index (χ3v) is 6.59. The lowest BCUT2D eigenvalue weighted by Crippen LogP contribution is -2.49. The highest BCUT2D eigenvalue weighted by atomic mass is 32.1. The molecule has 1 atom stereocenters. The van der Waals surface area contributed by atoms with Crippen LogP contribution in [0.15, 0.2) is 17.8 Å². The van der Waals surface area contributed by atoms with Crippen molar-refractivity contribution in [2.45, 2.75) is 44.6 Å². The lowest BCUT2D eigenvalue weighted by atomic mass is 9.86. The molecule has 2 saturated heterocycles. The number of carbonyl (C=O) groups excluding carboxylic acids is 1. The fourth-order valence-corrected chi connectivity index (χ4v) is 5.26. The van der Waals surface area contributed by atoms with Crippen LogP contribution in [-0.2, 0) is 0 Å². The number of hydrogen-bond acceptors (Lipinski definition) is 5. The predicted octanol–water partition coefficient (Wildman–Crippen LogP) is 3.23. The predicted molar refractivity (Wildman–Crippen MR) is 101 cm³/mol. The van der Waals surface area contributed by atoms with E-state index in [-0.39, 0.29) is 6.03 Å². The monoisotopic (exact) mass is 359 g/mol. The summed E-state index contributed by atoms with van der Waals surface area (Å²) in [5, 5.41) is 2.08. The lowest BCUT2D eigenvalue weighted by molar-refractivity contribution is 0.143. The van der Waals surface area contributed by atoms with Gasteiger partial charge in [0.05, 0.1) is 10.2 Å². The van der Waals surface area contributed by atoms with Crippen molar-refractivity contribution in [3.63, 3.8) is 0 Å². The van der Waals surface area contributed by atoms with Crippen molar-refractivity contribution >= 4 is 33.4 Å². The summed E-state index contributed by atoms with van der Waals surface area (Å²) in [6, 6.07) is 2.12. The van der Waals surface area contributed by atoms with Gasteiger partial charge >= 0.3 is 6.03 Å². The summed E-state index contributed by atoms with van der Waals surface area (Å²) in [7, 11) is 0. The second-order valence-electron chi connectivity index (χ2n) is 7.11. The van der Waals surface area contributed by atoms with E-state index < -0.39 is 0 Å². The summed E-state index contributed by atoms with van der Waals surface area (Å²) in [5.74, 6) is 1.61. The molecule has 0 bridgehead atoms. The molecule has 0 aliphatic carbocycles. The quantitative estimate of drug-likeness (QED) is 0.893. The van der Waals surface area contributed by atoms with Crippen LogP contribution in [0.25, 0.3) is 10.2 Å². The first-order valence-electron chi connectivity index (χ1n) is 9.23. The van der Waals surface area contributed by atoms with Crippen molar-refractivity contribution in [3.8, 4) is 0 Å². The smallest absolute Gasteiger partial charge is 0.315 e. The van der Waals surface area contributed by atoms with Gasteiger partial charge in [-0.1, -0.05) is 12.8 Å². The van der Waals surface area contributed by atoms with Gasteiger partial charge in [-0.15, -0.1) is 11.3 Å². The van der Waals surface area contributed by atoms with Gasteiger partial charge in [-0.25, -0.2) is 14.8 Å². The topological polar surface area (TPSA) is 75.4 Å². The molecule has 2 amide bonds. The van der Waals surface area contributed by atoms with Gasteiger partial charge in [0, 0.05) is 25.7 Å². The van der Waals surface area contributed by atoms with Crippen LogP contribution in [-0.4, -0.2) is 46.6 Å². The number of aromatic nitrogens is 2. The van der Waals surface area contributed by atoms with Gasteiger partial charge < -0.3 is 15.5 Å². The Morgan fingerprint density at radius 3 is 2.76 bits per heavy atom. The molecule has 6 nitrogen and oxygen atoms in total. The van der Waals surface area contributed by atoms with Crippen LogP contribution < -0.4 is 10.6 Å². The Labute approximate surface area is 152 Å². The third kappa shape index (κ3) is 3.29. The number of hydrogen-bond donors (Lipinski definition) is 1. The highest BCUT2D eigenvalue weighted by Crippen LogP contribution is 2.34. The van der Waals surface area contributed by atoms with Gasteiger partial charge in [-0.2, -0.15) is 0 Å². The first kappa shape index (κ1) is 16.6. The second kappa shape index (κ2) is 7.15. The van der Waals surface area contributed by atoms with Crippen LogP contribution in [0, 0.1) is 5.92 Å². The van der Waals surface area contributed by atoms with Gasteiger partial charge in [0.25, 0.3) is 0 Å². The molecule has 2 aliphatic rings. The van der Waals surface area contributed by atoms with Crippen molar-refractivity contribution in [2.75, 3.05) is 24.5 Å². The normalized spacial score (nSPS) is 23.0. The molecule has 0 spiro atoms. The van der Waals surface area contributed by atoms with Crippen molar-refractivity contribution in [2.24, 2.45) is 11.7 Å². The van der Waals surface area contributed by atoms with E-state index in [4.69, 9.17) is 5.73 Å². The number of anilines is 1. The van der Waals surface area contributed by atoms with Crippen molar-refractivity contribution in [1.82, 2.24) is 14.9 Å². The number of thiophene rings is 1. The van der Waals surface area contributed by atoms with E-state index >= 15 is 0 Å². The minimum Gasteiger partial charge on any atom is -0.355 e. The van der Waals surface area contributed by atoms with Crippen LogP contribution in [0.1, 0.15) is 38.5 Å². The zero-order chi connectivity index (χ0) is 17.2. The summed E-state index contributed by atoms with van der Waals surface area (Å²) < 4.78 is 1.18. The molecule has 2 aromatic rings. The highest BCUT2D eigenvalue weighted by Gasteiger charge is 2.33. The van der Waals surface area contributed by atoms with Crippen molar-refractivity contribution in [1.29, 1.82) is 0 Å². The SMILES string of the molecule is NC(=O)N1CCCCC[C@@H]1C1CCN(c2ncnc3ccsc23)CC1. The van der Waals surface area contributed by atoms with E-state index in [0.29, 0.717) is 12.0 Å². The molecule has 2 fully saturated rings. The summed E-state index contributed by atoms with van der Waals surface area (Å²) in [5.41, 5.74) is 6.69. The number of fused-ring (bicyclic) bond motifs is 1. The van der Waals surface area contributed by atoms with E-state index in [1.807, 2.05) is 11.0 Å². The third-order valence-electron chi connectivity index (χ3n) is 5.69. The van der Waals surface area contributed by atoms with E-state index in [1.54, 1.807) is 17.7 Å². The van der Waals surface area contributed by atoms with Gasteiger partial charge in [0.1, 0.15) is 12.1 Å². The molecule has 0 unspecified atom stereocenters. The Balaban J connectivity index is 1.47. The fourth-order valence-electron chi connectivity index (χ4n) is 4.40. The van der Waals surface area contributed by atoms with Crippen LogP contribution in [0.5, 0.6) is 0 Å². The number of piperidine rings is 1. The van der Waals surface area contributed by atoms with Crippen molar-refractivity contribution in [3.05, 3.63) is 17.8 Å². The van der Waals surface area contributed by atoms with Crippen LogP contribution in [0.2, 0.25) is 0 Å². The molecule has 0 radical (unpaired) electrons. The number of nitrogens with zero attached hydrogens (tertiary/aromatic N) is 4. The number of amides is 2. The average Bonchev–Trinajstić information content (AvgIpc) is 2.97. The number of rotatable bonds is 2. The Kier molecular flexibility index (Phi) is 4.74. The highest BCUT2D eigenvalue weighted by molar-refractivity contribution is 7.17. The van der Waals surface area contributed by atoms with Gasteiger partial charge in [0.15, 0.2) is 0 Å². The number of carbonyl (C=O) groups is 1. The molecule has 7 heteroatoms. The first-order chi connectivity index (χ1) is 12.2. The largest absolute Gasteiger partial charge is 0.355 e. The first-order valence-corrected chi connectivity index (χ1v) is 10.1. The molecule has 25 heavy (non-hydrogen) atoms.